The molecule has 0 saturated carbocycles. The van der Waals surface area contributed by atoms with Crippen LogP contribution in [0, 0.1) is 0 Å². The van der Waals surface area contributed by atoms with Gasteiger partial charge in [-0.05, 0) is 122 Å². The molecule has 0 amide bonds. The van der Waals surface area contributed by atoms with Crippen LogP contribution in [0.3, 0.4) is 0 Å². The predicted octanol–water partition coefficient (Wildman–Crippen LogP) is 18.2. The zero-order chi connectivity index (χ0) is 44.5. The third-order valence-corrected chi connectivity index (χ3v) is 12.8. The van der Waals surface area contributed by atoms with Crippen molar-refractivity contribution in [3.8, 4) is 67.1 Å². The van der Waals surface area contributed by atoms with Gasteiger partial charge in [-0.1, -0.05) is 194 Å². The molecule has 11 aromatic rings. The normalized spacial score (nSPS) is 11.4. The van der Waals surface area contributed by atoms with Crippen molar-refractivity contribution in [2.75, 3.05) is 9.80 Å². The molecule has 0 spiro atoms. The maximum absolute atomic E-state index is 7.41. The topological polar surface area (TPSA) is 15.7 Å². The fourth-order valence-corrected chi connectivity index (χ4v) is 9.73. The van der Waals surface area contributed by atoms with E-state index in [1.54, 1.807) is 0 Å². The molecule has 0 fully saturated rings. The van der Waals surface area contributed by atoms with E-state index in [4.69, 9.17) is 4.74 Å². The Balaban J connectivity index is 1.10. The lowest BCUT2D eigenvalue weighted by Gasteiger charge is -2.32. The molecule has 0 unspecified atom stereocenters. The summed E-state index contributed by atoms with van der Waals surface area (Å²) in [5.74, 6) is 1.61. The Labute approximate surface area is 391 Å². The van der Waals surface area contributed by atoms with Gasteiger partial charge < -0.3 is 14.5 Å². The van der Waals surface area contributed by atoms with E-state index in [0.29, 0.717) is 0 Å². The molecule has 1 aliphatic rings. The second kappa shape index (κ2) is 17.2. The number of nitrogens with zero attached hydrogens (tertiary/aromatic N) is 2. The Morgan fingerprint density at radius 3 is 1.15 bits per heavy atom. The van der Waals surface area contributed by atoms with E-state index in [0.717, 1.165) is 89.8 Å². The Bertz CT molecular complexity index is 3360. The molecule has 0 radical (unpaired) electrons. The number of anilines is 6. The van der Waals surface area contributed by atoms with Gasteiger partial charge in [0.25, 0.3) is 0 Å². The first-order chi connectivity index (χ1) is 33.2. The van der Waals surface area contributed by atoms with Gasteiger partial charge in [-0.2, -0.15) is 0 Å². The first kappa shape index (κ1) is 39.7. The largest absolute Gasteiger partial charge is 0.454 e. The van der Waals surface area contributed by atoms with Crippen molar-refractivity contribution in [3.63, 3.8) is 0 Å². The van der Waals surface area contributed by atoms with Gasteiger partial charge in [0.1, 0.15) is 5.75 Å². The van der Waals surface area contributed by atoms with Crippen molar-refractivity contribution < 1.29 is 4.74 Å². The maximum Gasteiger partial charge on any atom is 0.159 e. The maximum atomic E-state index is 7.41. The van der Waals surface area contributed by atoms with Gasteiger partial charge in [0.2, 0.25) is 0 Å². The van der Waals surface area contributed by atoms with Gasteiger partial charge >= 0.3 is 0 Å². The van der Waals surface area contributed by atoms with Crippen molar-refractivity contribution in [3.05, 3.63) is 267 Å². The Kier molecular flexibility index (Phi) is 10.2. The van der Waals surface area contributed by atoms with E-state index < -0.39 is 0 Å². The van der Waals surface area contributed by atoms with Gasteiger partial charge in [0, 0.05) is 45.5 Å². The minimum Gasteiger partial charge on any atom is -0.454 e. The number of fused-ring (bicyclic) bond motifs is 2. The van der Waals surface area contributed by atoms with Crippen LogP contribution >= 0.6 is 0 Å². The molecule has 11 aromatic carbocycles. The van der Waals surface area contributed by atoms with Crippen LogP contribution in [0.4, 0.5) is 34.1 Å². The molecular formula is C64H44N2O. The van der Waals surface area contributed by atoms with Crippen LogP contribution < -0.4 is 14.5 Å². The molecule has 3 nitrogen and oxygen atoms in total. The van der Waals surface area contributed by atoms with Crippen molar-refractivity contribution >= 4 is 44.9 Å². The average molecular weight is 857 g/mol. The van der Waals surface area contributed by atoms with Crippen LogP contribution in [0.2, 0.25) is 0 Å². The van der Waals surface area contributed by atoms with Crippen LogP contribution in [-0.4, -0.2) is 0 Å². The summed E-state index contributed by atoms with van der Waals surface area (Å²) >= 11 is 0. The quantitative estimate of drug-likeness (QED) is 0.136. The number of rotatable bonds is 10. The Morgan fingerprint density at radius 1 is 0.254 bits per heavy atom. The lowest BCUT2D eigenvalue weighted by Crippen LogP contribution is -2.13. The van der Waals surface area contributed by atoms with Crippen LogP contribution in [0.1, 0.15) is 0 Å². The smallest absolute Gasteiger partial charge is 0.159 e. The molecule has 0 N–H and O–H groups in total. The number of ether oxygens (including phenoxy) is 1. The van der Waals surface area contributed by atoms with Gasteiger partial charge in [-0.25, -0.2) is 0 Å². The molecule has 12 rings (SSSR count). The van der Waals surface area contributed by atoms with Gasteiger partial charge in [-0.3, -0.25) is 0 Å². The molecular weight excluding hydrogens is 813 g/mol. The van der Waals surface area contributed by atoms with E-state index in [-0.39, 0.29) is 0 Å². The standard InChI is InChI=1S/C64H44N2O/c1-7-20-45(21-8-1)55-38-35-52(42-59(55)47-24-11-3-12-25-47)66(53-36-39-56(46-22-9-2-10-23-46)60(43-53)48-26-13-4-14-27-48)61-41-34-49-28-19-33-58-57-40-37-54(44-62(57)67-64(61)63(49)58)65(50-29-15-5-16-30-50)51-31-17-6-18-32-51/h1-44H. The molecule has 1 aliphatic heterocycles. The van der Waals surface area contributed by atoms with E-state index in [1.807, 2.05) is 0 Å². The molecule has 3 heteroatoms. The molecule has 0 bridgehead atoms. The minimum atomic E-state index is 0.801. The zero-order valence-corrected chi connectivity index (χ0v) is 36.7. The van der Waals surface area contributed by atoms with Crippen molar-refractivity contribution in [2.24, 2.45) is 0 Å². The summed E-state index contributed by atoms with van der Waals surface area (Å²) in [6.45, 7) is 0. The summed E-state index contributed by atoms with van der Waals surface area (Å²) < 4.78 is 7.41. The molecule has 0 saturated heterocycles. The minimum absolute atomic E-state index is 0.801. The molecule has 0 atom stereocenters. The molecule has 0 aliphatic carbocycles. The number of para-hydroxylation sites is 2. The first-order valence-corrected chi connectivity index (χ1v) is 22.8. The monoisotopic (exact) mass is 856 g/mol. The third kappa shape index (κ3) is 7.39. The lowest BCUT2D eigenvalue weighted by molar-refractivity contribution is 0.488. The van der Waals surface area contributed by atoms with Crippen molar-refractivity contribution in [1.82, 2.24) is 0 Å². The van der Waals surface area contributed by atoms with Crippen LogP contribution in [-0.2, 0) is 0 Å². The zero-order valence-electron chi connectivity index (χ0n) is 36.7. The SMILES string of the molecule is c1ccc(-c2ccc(N(c3ccc(-c4ccccc4)c(-c4ccccc4)c3)c3ccc4cccc5c4c3Oc3cc(N(c4ccccc4)c4ccccc4)ccc3-5)cc2-c2ccccc2)cc1. The highest BCUT2D eigenvalue weighted by molar-refractivity contribution is 6.09. The first-order valence-electron chi connectivity index (χ1n) is 22.8. The number of hydrogen-bond donors (Lipinski definition) is 0. The summed E-state index contributed by atoms with van der Waals surface area (Å²) in [6, 6.07) is 95.4. The Hall–Kier alpha value is -8.92. The van der Waals surface area contributed by atoms with Crippen LogP contribution in [0.5, 0.6) is 11.5 Å². The van der Waals surface area contributed by atoms with E-state index in [1.165, 1.54) is 22.3 Å². The van der Waals surface area contributed by atoms with E-state index >= 15 is 0 Å². The highest BCUT2D eigenvalue weighted by Gasteiger charge is 2.29. The van der Waals surface area contributed by atoms with Gasteiger partial charge in [0.15, 0.2) is 5.75 Å². The van der Waals surface area contributed by atoms with Crippen molar-refractivity contribution in [1.29, 1.82) is 0 Å². The summed E-state index contributed by atoms with van der Waals surface area (Å²) in [5.41, 5.74) is 17.6. The number of hydrogen-bond acceptors (Lipinski definition) is 3. The second-order valence-corrected chi connectivity index (χ2v) is 16.9. The van der Waals surface area contributed by atoms with E-state index in [9.17, 15) is 0 Å². The lowest BCUT2D eigenvalue weighted by atomic mass is 9.91. The fourth-order valence-electron chi connectivity index (χ4n) is 9.73. The predicted molar refractivity (Wildman–Crippen MR) is 281 cm³/mol. The van der Waals surface area contributed by atoms with Crippen LogP contribution in [0.15, 0.2) is 267 Å². The number of benzene rings is 11. The highest BCUT2D eigenvalue weighted by Crippen LogP contribution is 2.55. The molecule has 1 heterocycles. The third-order valence-electron chi connectivity index (χ3n) is 12.8. The van der Waals surface area contributed by atoms with E-state index in [2.05, 4.69) is 277 Å². The summed E-state index contributed by atoms with van der Waals surface area (Å²) in [7, 11) is 0. The summed E-state index contributed by atoms with van der Waals surface area (Å²) in [4.78, 5) is 4.68. The fraction of sp³-hybridized carbons (Fsp3) is 0. The molecule has 316 valence electrons. The van der Waals surface area contributed by atoms with Gasteiger partial charge in [0.05, 0.1) is 5.69 Å². The average Bonchev–Trinajstić information content (AvgIpc) is 3.41. The molecule has 67 heavy (non-hydrogen) atoms. The summed E-state index contributed by atoms with van der Waals surface area (Å²) in [6.07, 6.45) is 0. The molecule has 0 aromatic heterocycles. The van der Waals surface area contributed by atoms with Gasteiger partial charge in [-0.15, -0.1) is 0 Å². The Morgan fingerprint density at radius 2 is 0.672 bits per heavy atom. The second-order valence-electron chi connectivity index (χ2n) is 16.9. The highest BCUT2D eigenvalue weighted by atomic mass is 16.5. The van der Waals surface area contributed by atoms with Crippen molar-refractivity contribution in [2.45, 2.75) is 0 Å². The van der Waals surface area contributed by atoms with Crippen LogP contribution in [0.25, 0.3) is 66.4 Å². The summed E-state index contributed by atoms with van der Waals surface area (Å²) in [5, 5.41) is 2.21.